The highest BCUT2D eigenvalue weighted by Gasteiger charge is 2.37. The van der Waals surface area contributed by atoms with Gasteiger partial charge in [0.1, 0.15) is 30.0 Å². The Kier molecular flexibility index (Phi) is 8.44. The van der Waals surface area contributed by atoms with Crippen molar-refractivity contribution in [2.45, 2.75) is 50.2 Å². The van der Waals surface area contributed by atoms with E-state index in [1.165, 1.54) is 12.7 Å². The molecule has 4 aromatic carbocycles. The predicted octanol–water partition coefficient (Wildman–Crippen LogP) is 5.47. The van der Waals surface area contributed by atoms with E-state index in [0.29, 0.717) is 48.3 Å². The lowest BCUT2D eigenvalue weighted by Crippen LogP contribution is -2.32. The van der Waals surface area contributed by atoms with E-state index in [2.05, 4.69) is 29.2 Å². The van der Waals surface area contributed by atoms with Crippen LogP contribution in [0.5, 0.6) is 28.7 Å². The first kappa shape index (κ1) is 30.9. The van der Waals surface area contributed by atoms with E-state index in [1.807, 2.05) is 24.4 Å². The van der Waals surface area contributed by atoms with E-state index < -0.39 is 12.2 Å². The molecule has 5 aromatic rings. The van der Waals surface area contributed by atoms with E-state index in [4.69, 9.17) is 14.2 Å². The number of aryl methyl sites for hydroxylation is 1. The van der Waals surface area contributed by atoms with Gasteiger partial charge in [-0.25, -0.2) is 0 Å². The lowest BCUT2D eigenvalue weighted by molar-refractivity contribution is 0.0201. The fourth-order valence-electron chi connectivity index (χ4n) is 7.30. The Bertz CT molecular complexity index is 1930. The van der Waals surface area contributed by atoms with E-state index >= 15 is 0 Å². The molecule has 7 rings (SSSR count). The largest absolute Gasteiger partial charge is 0.508 e. The molecule has 0 radical (unpaired) electrons. The Hall–Kier alpha value is -4.70. The number of rotatable bonds is 10. The van der Waals surface area contributed by atoms with Gasteiger partial charge in [0, 0.05) is 41.9 Å². The number of fused-ring (bicyclic) bond motifs is 6. The summed E-state index contributed by atoms with van der Waals surface area (Å²) in [5.74, 6) is 1.66. The maximum Gasteiger partial charge on any atom is 0.161 e. The van der Waals surface area contributed by atoms with Crippen LogP contribution in [0.25, 0.3) is 22.0 Å². The summed E-state index contributed by atoms with van der Waals surface area (Å²) < 4.78 is 18.2. The van der Waals surface area contributed by atoms with Crippen molar-refractivity contribution in [3.8, 4) is 39.9 Å². The van der Waals surface area contributed by atoms with Crippen LogP contribution in [0.15, 0.2) is 66.9 Å². The molecular weight excluding hydrogens is 598 g/mol. The van der Waals surface area contributed by atoms with Gasteiger partial charge in [0.15, 0.2) is 11.5 Å². The second-order valence-corrected chi connectivity index (χ2v) is 12.4. The van der Waals surface area contributed by atoms with Crippen LogP contribution in [0.2, 0.25) is 0 Å². The highest BCUT2D eigenvalue weighted by molar-refractivity contribution is 5.83. The zero-order valence-corrected chi connectivity index (χ0v) is 26.2. The van der Waals surface area contributed by atoms with Crippen LogP contribution < -0.4 is 14.2 Å². The summed E-state index contributed by atoms with van der Waals surface area (Å²) in [6.45, 7) is -0.0903. The van der Waals surface area contributed by atoms with Crippen LogP contribution in [-0.2, 0) is 25.7 Å². The number of aromatic hydroxyl groups is 2. The zero-order valence-electron chi connectivity index (χ0n) is 26.2. The molecule has 0 spiro atoms. The second kappa shape index (κ2) is 12.8. The smallest absolute Gasteiger partial charge is 0.161 e. The topological polar surface area (TPSA) is 145 Å². The fourth-order valence-corrected chi connectivity index (χ4v) is 7.30. The molecule has 9 nitrogen and oxygen atoms in total. The summed E-state index contributed by atoms with van der Waals surface area (Å²) in [6.07, 6.45) is 2.89. The molecule has 3 atom stereocenters. The standard InChI is InChI=1S/C38H39NO8/c1-45-35-17-25(15-23(37(35)44)3-2-10-40)38-32(43)19-29-30-16-24(14-21-4-7-31-22(13-21)8-9-39-31)28-18-26(42)5-6-27(28)36(30)34(46-12-11-41)20-33(29)47-38/h4-9,13,15,17-18,20,24,32,38-44H,2-3,10-12,14,16,19H2,1H3. The van der Waals surface area contributed by atoms with Crippen LogP contribution in [0.3, 0.4) is 0 Å². The Morgan fingerprint density at radius 2 is 1.79 bits per heavy atom. The third-order valence-electron chi connectivity index (χ3n) is 9.46. The minimum Gasteiger partial charge on any atom is -0.508 e. The van der Waals surface area contributed by atoms with E-state index in [9.17, 15) is 25.5 Å². The third-order valence-corrected chi connectivity index (χ3v) is 9.46. The van der Waals surface area contributed by atoms with Crippen LogP contribution in [0, 0.1) is 0 Å². The molecule has 1 aromatic heterocycles. The molecule has 47 heavy (non-hydrogen) atoms. The number of aromatic nitrogens is 1. The number of aliphatic hydroxyl groups is 3. The highest BCUT2D eigenvalue weighted by atomic mass is 16.5. The monoisotopic (exact) mass is 637 g/mol. The maximum atomic E-state index is 11.6. The quantitative estimate of drug-likeness (QED) is 0.118. The molecule has 6 N–H and O–H groups in total. The number of nitrogens with one attached hydrogen (secondary N) is 1. The second-order valence-electron chi connectivity index (χ2n) is 12.4. The average Bonchev–Trinajstić information content (AvgIpc) is 3.55. The number of phenolic OH excluding ortho intramolecular Hbond substituents is 2. The van der Waals surface area contributed by atoms with E-state index in [-0.39, 0.29) is 43.0 Å². The predicted molar refractivity (Wildman–Crippen MR) is 178 cm³/mol. The van der Waals surface area contributed by atoms with Gasteiger partial charge < -0.3 is 44.7 Å². The molecule has 0 bridgehead atoms. The molecule has 244 valence electrons. The number of phenols is 2. The van der Waals surface area contributed by atoms with E-state index in [0.717, 1.165) is 45.1 Å². The number of methoxy groups -OCH3 is 1. The Labute approximate surface area is 272 Å². The van der Waals surface area contributed by atoms with Gasteiger partial charge in [-0.3, -0.25) is 0 Å². The van der Waals surface area contributed by atoms with Gasteiger partial charge in [0.05, 0.1) is 19.8 Å². The number of aromatic amines is 1. The molecule has 2 heterocycles. The molecule has 9 heteroatoms. The first-order valence-electron chi connectivity index (χ1n) is 16.1. The lowest BCUT2D eigenvalue weighted by atomic mass is 9.73. The van der Waals surface area contributed by atoms with Crippen LogP contribution in [0.4, 0.5) is 0 Å². The van der Waals surface area contributed by atoms with Gasteiger partial charge in [-0.2, -0.15) is 0 Å². The van der Waals surface area contributed by atoms with Crippen molar-refractivity contribution in [2.24, 2.45) is 0 Å². The zero-order chi connectivity index (χ0) is 32.7. The number of hydrogen-bond donors (Lipinski definition) is 6. The Balaban J connectivity index is 1.32. The summed E-state index contributed by atoms with van der Waals surface area (Å²) in [5.41, 5.74) is 8.28. The molecule has 1 aliphatic carbocycles. The van der Waals surface area contributed by atoms with Crippen molar-refractivity contribution in [1.82, 2.24) is 4.98 Å². The number of hydrogen-bond acceptors (Lipinski definition) is 8. The van der Waals surface area contributed by atoms with Crippen LogP contribution in [-0.4, -0.2) is 63.6 Å². The molecule has 2 aliphatic rings. The van der Waals surface area contributed by atoms with Gasteiger partial charge >= 0.3 is 0 Å². The van der Waals surface area contributed by atoms with Gasteiger partial charge in [-0.15, -0.1) is 0 Å². The van der Waals surface area contributed by atoms with Crippen LogP contribution >= 0.6 is 0 Å². The van der Waals surface area contributed by atoms with Crippen molar-refractivity contribution >= 4 is 10.9 Å². The fraction of sp³-hybridized carbons (Fsp3) is 0.316. The lowest BCUT2D eigenvalue weighted by Gasteiger charge is -2.37. The summed E-state index contributed by atoms with van der Waals surface area (Å²) in [6, 6.07) is 19.2. The van der Waals surface area contributed by atoms with Gasteiger partial charge in [0.25, 0.3) is 0 Å². The van der Waals surface area contributed by atoms with Crippen molar-refractivity contribution < 1.29 is 39.7 Å². The van der Waals surface area contributed by atoms with E-state index in [1.54, 1.807) is 18.2 Å². The molecule has 0 amide bonds. The molecule has 0 saturated carbocycles. The van der Waals surface area contributed by atoms with Crippen molar-refractivity contribution in [3.63, 3.8) is 0 Å². The summed E-state index contributed by atoms with van der Waals surface area (Å²) in [4.78, 5) is 3.25. The number of ether oxygens (including phenoxy) is 3. The maximum absolute atomic E-state index is 11.6. The van der Waals surface area contributed by atoms with Gasteiger partial charge in [0.2, 0.25) is 0 Å². The SMILES string of the molecule is COc1cc(C2Oc3cc(OCCO)c4c(c3CC2O)CC(Cc2ccc3[nH]ccc3c2)c2cc(O)ccc2-4)cc(CCCO)c1O. The minimum absolute atomic E-state index is 0.00978. The molecule has 3 unspecified atom stereocenters. The van der Waals surface area contributed by atoms with Crippen molar-refractivity contribution in [2.75, 3.05) is 26.9 Å². The number of aliphatic hydroxyl groups excluding tert-OH is 3. The van der Waals surface area contributed by atoms with Crippen molar-refractivity contribution in [1.29, 1.82) is 0 Å². The first-order chi connectivity index (χ1) is 22.9. The van der Waals surface area contributed by atoms with Gasteiger partial charge in [-0.05, 0) is 113 Å². The molecule has 0 fully saturated rings. The molecular formula is C38H39NO8. The average molecular weight is 638 g/mol. The Morgan fingerprint density at radius 1 is 0.915 bits per heavy atom. The normalized spacial score (nSPS) is 18.3. The molecule has 0 saturated heterocycles. The summed E-state index contributed by atoms with van der Waals surface area (Å²) in [7, 11) is 1.48. The third kappa shape index (κ3) is 5.75. The van der Waals surface area contributed by atoms with Crippen LogP contribution in [0.1, 0.15) is 51.8 Å². The Morgan fingerprint density at radius 3 is 2.60 bits per heavy atom. The molecule has 1 aliphatic heterocycles. The highest BCUT2D eigenvalue weighted by Crippen LogP contribution is 2.52. The van der Waals surface area contributed by atoms with Gasteiger partial charge in [-0.1, -0.05) is 12.1 Å². The minimum atomic E-state index is -0.897. The number of H-pyrrole nitrogens is 1. The van der Waals surface area contributed by atoms with Crippen molar-refractivity contribution in [3.05, 3.63) is 100 Å². The summed E-state index contributed by atoms with van der Waals surface area (Å²) in [5, 5.41) is 53.1. The summed E-state index contributed by atoms with van der Waals surface area (Å²) >= 11 is 0. The number of benzene rings is 4. The first-order valence-corrected chi connectivity index (χ1v) is 16.1.